The molecule has 1 aromatic heterocycles. The zero-order valence-electron chi connectivity index (χ0n) is 10.2. The standard InChI is InChI=1S/C13H17FN2O2/c14-10-1-2-12(15-9-10)13(18)5-8-16-6-3-11(17)4-7-16/h1-2,9,11,17H,3-8H2. The summed E-state index contributed by atoms with van der Waals surface area (Å²) in [7, 11) is 0. The smallest absolute Gasteiger partial charge is 0.182 e. The van der Waals surface area contributed by atoms with Crippen LogP contribution in [0.2, 0.25) is 0 Å². The fraction of sp³-hybridized carbons (Fsp3) is 0.538. The number of rotatable bonds is 4. The van der Waals surface area contributed by atoms with Crippen molar-refractivity contribution in [2.75, 3.05) is 19.6 Å². The van der Waals surface area contributed by atoms with Crippen LogP contribution in [0.1, 0.15) is 29.8 Å². The molecule has 4 nitrogen and oxygen atoms in total. The Morgan fingerprint density at radius 3 is 2.78 bits per heavy atom. The zero-order chi connectivity index (χ0) is 13.0. The van der Waals surface area contributed by atoms with Crippen molar-refractivity contribution in [3.8, 4) is 0 Å². The van der Waals surface area contributed by atoms with Crippen LogP contribution in [0.5, 0.6) is 0 Å². The van der Waals surface area contributed by atoms with E-state index in [0.29, 0.717) is 18.7 Å². The van der Waals surface area contributed by atoms with Crippen molar-refractivity contribution in [2.45, 2.75) is 25.4 Å². The molecule has 0 spiro atoms. The van der Waals surface area contributed by atoms with E-state index in [1.807, 2.05) is 0 Å². The van der Waals surface area contributed by atoms with Gasteiger partial charge in [0.1, 0.15) is 11.5 Å². The van der Waals surface area contributed by atoms with Crippen LogP contribution in [0.25, 0.3) is 0 Å². The molecule has 1 saturated heterocycles. The summed E-state index contributed by atoms with van der Waals surface area (Å²) in [6.45, 7) is 2.32. The van der Waals surface area contributed by atoms with Gasteiger partial charge >= 0.3 is 0 Å². The van der Waals surface area contributed by atoms with Crippen LogP contribution in [0.4, 0.5) is 4.39 Å². The second-order valence-corrected chi connectivity index (χ2v) is 4.61. The third kappa shape index (κ3) is 3.58. The van der Waals surface area contributed by atoms with E-state index in [-0.39, 0.29) is 11.9 Å². The largest absolute Gasteiger partial charge is 0.393 e. The number of hydrogen-bond donors (Lipinski definition) is 1. The molecule has 0 amide bonds. The van der Waals surface area contributed by atoms with Crippen LogP contribution in [0, 0.1) is 5.82 Å². The molecular weight excluding hydrogens is 235 g/mol. The third-order valence-electron chi connectivity index (χ3n) is 3.23. The van der Waals surface area contributed by atoms with Crippen LogP contribution in [0.15, 0.2) is 18.3 Å². The minimum absolute atomic E-state index is 0.0684. The molecule has 0 aliphatic carbocycles. The second kappa shape index (κ2) is 6.02. The van der Waals surface area contributed by atoms with Crippen molar-refractivity contribution in [1.29, 1.82) is 0 Å². The van der Waals surface area contributed by atoms with Crippen LogP contribution in [-0.4, -0.2) is 46.5 Å². The lowest BCUT2D eigenvalue weighted by Crippen LogP contribution is -2.37. The predicted molar refractivity (Wildman–Crippen MR) is 64.8 cm³/mol. The summed E-state index contributed by atoms with van der Waals surface area (Å²) in [6.07, 6.45) is 2.78. The lowest BCUT2D eigenvalue weighted by Gasteiger charge is -2.29. The van der Waals surface area contributed by atoms with E-state index in [2.05, 4.69) is 9.88 Å². The average Bonchev–Trinajstić information content (AvgIpc) is 2.38. The van der Waals surface area contributed by atoms with Gasteiger partial charge < -0.3 is 10.0 Å². The molecular formula is C13H17FN2O2. The molecule has 98 valence electrons. The van der Waals surface area contributed by atoms with Crippen molar-refractivity contribution >= 4 is 5.78 Å². The van der Waals surface area contributed by atoms with Crippen LogP contribution >= 0.6 is 0 Å². The molecule has 1 aliphatic rings. The first-order valence-electron chi connectivity index (χ1n) is 6.20. The fourth-order valence-corrected chi connectivity index (χ4v) is 2.07. The van der Waals surface area contributed by atoms with Gasteiger partial charge in [-0.2, -0.15) is 0 Å². The molecule has 1 N–H and O–H groups in total. The molecule has 0 saturated carbocycles. The van der Waals surface area contributed by atoms with Gasteiger partial charge in [0.05, 0.1) is 12.3 Å². The number of aliphatic hydroxyl groups is 1. The van der Waals surface area contributed by atoms with Gasteiger partial charge in [-0.05, 0) is 25.0 Å². The number of piperidine rings is 1. The van der Waals surface area contributed by atoms with E-state index < -0.39 is 5.82 Å². The highest BCUT2D eigenvalue weighted by Gasteiger charge is 2.18. The number of carbonyl (C=O) groups is 1. The van der Waals surface area contributed by atoms with Crippen LogP contribution in [0.3, 0.4) is 0 Å². The highest BCUT2D eigenvalue weighted by Crippen LogP contribution is 2.11. The maximum atomic E-state index is 12.7. The second-order valence-electron chi connectivity index (χ2n) is 4.61. The molecule has 1 aromatic rings. The van der Waals surface area contributed by atoms with Gasteiger partial charge in [0.15, 0.2) is 5.78 Å². The number of hydrogen-bond acceptors (Lipinski definition) is 4. The van der Waals surface area contributed by atoms with E-state index in [1.165, 1.54) is 12.1 Å². The molecule has 0 bridgehead atoms. The summed E-state index contributed by atoms with van der Waals surface area (Å²) in [5.74, 6) is -0.502. The molecule has 0 atom stereocenters. The Balaban J connectivity index is 1.79. The molecule has 0 radical (unpaired) electrons. The number of halogens is 1. The summed E-state index contributed by atoms with van der Waals surface area (Å²) in [5, 5.41) is 9.37. The highest BCUT2D eigenvalue weighted by atomic mass is 19.1. The Morgan fingerprint density at radius 2 is 2.17 bits per heavy atom. The topological polar surface area (TPSA) is 53.4 Å². The number of nitrogens with zero attached hydrogens (tertiary/aromatic N) is 2. The SMILES string of the molecule is O=C(CCN1CCC(O)CC1)c1ccc(F)cn1. The van der Waals surface area contributed by atoms with Crippen molar-refractivity contribution < 1.29 is 14.3 Å². The Hall–Kier alpha value is -1.33. The van der Waals surface area contributed by atoms with Crippen molar-refractivity contribution in [3.63, 3.8) is 0 Å². The normalized spacial score (nSPS) is 17.9. The monoisotopic (exact) mass is 252 g/mol. The molecule has 1 aliphatic heterocycles. The number of carbonyl (C=O) groups excluding carboxylic acids is 1. The van der Waals surface area contributed by atoms with E-state index in [4.69, 9.17) is 0 Å². The lowest BCUT2D eigenvalue weighted by atomic mass is 10.1. The first-order chi connectivity index (χ1) is 8.65. The first kappa shape index (κ1) is 13.1. The van der Waals surface area contributed by atoms with Gasteiger partial charge in [0, 0.05) is 26.1 Å². The number of aliphatic hydroxyl groups excluding tert-OH is 1. The Bertz CT molecular complexity index is 400. The van der Waals surface area contributed by atoms with E-state index >= 15 is 0 Å². The van der Waals surface area contributed by atoms with E-state index in [1.54, 1.807) is 0 Å². The number of aromatic nitrogens is 1. The molecule has 0 unspecified atom stereocenters. The lowest BCUT2D eigenvalue weighted by molar-refractivity contribution is 0.0776. The zero-order valence-corrected chi connectivity index (χ0v) is 10.2. The Labute approximate surface area is 105 Å². The Morgan fingerprint density at radius 1 is 1.44 bits per heavy atom. The Kier molecular flexibility index (Phi) is 4.38. The first-order valence-corrected chi connectivity index (χ1v) is 6.20. The fourth-order valence-electron chi connectivity index (χ4n) is 2.07. The van der Waals surface area contributed by atoms with Gasteiger partial charge in [-0.1, -0.05) is 0 Å². The van der Waals surface area contributed by atoms with Crippen molar-refractivity contribution in [3.05, 3.63) is 29.8 Å². The number of likely N-dealkylation sites (tertiary alicyclic amines) is 1. The number of ketones is 1. The van der Waals surface area contributed by atoms with Gasteiger partial charge in [0.25, 0.3) is 0 Å². The number of Topliss-reactive ketones (excluding diaryl/α,β-unsaturated/α-hetero) is 1. The quantitative estimate of drug-likeness (QED) is 0.819. The summed E-state index contributed by atoms with van der Waals surface area (Å²) in [4.78, 5) is 17.7. The maximum absolute atomic E-state index is 12.7. The molecule has 18 heavy (non-hydrogen) atoms. The summed E-state index contributed by atoms with van der Waals surface area (Å²) < 4.78 is 12.7. The van der Waals surface area contributed by atoms with Crippen molar-refractivity contribution in [1.82, 2.24) is 9.88 Å². The summed E-state index contributed by atoms with van der Waals surface area (Å²) >= 11 is 0. The minimum Gasteiger partial charge on any atom is -0.393 e. The van der Waals surface area contributed by atoms with E-state index in [0.717, 1.165) is 32.1 Å². The maximum Gasteiger partial charge on any atom is 0.182 e. The van der Waals surface area contributed by atoms with Crippen LogP contribution < -0.4 is 0 Å². The van der Waals surface area contributed by atoms with Gasteiger partial charge in [0.2, 0.25) is 0 Å². The van der Waals surface area contributed by atoms with E-state index in [9.17, 15) is 14.3 Å². The molecule has 5 heteroatoms. The average molecular weight is 252 g/mol. The summed E-state index contributed by atoms with van der Waals surface area (Å²) in [6, 6.07) is 2.66. The van der Waals surface area contributed by atoms with Gasteiger partial charge in [-0.3, -0.25) is 9.78 Å². The predicted octanol–water partition coefficient (Wildman–Crippen LogP) is 1.25. The molecule has 1 fully saturated rings. The van der Waals surface area contributed by atoms with Gasteiger partial charge in [-0.25, -0.2) is 4.39 Å². The molecule has 0 aromatic carbocycles. The van der Waals surface area contributed by atoms with Gasteiger partial charge in [-0.15, -0.1) is 0 Å². The number of pyridine rings is 1. The highest BCUT2D eigenvalue weighted by molar-refractivity contribution is 5.94. The van der Waals surface area contributed by atoms with Crippen molar-refractivity contribution in [2.24, 2.45) is 0 Å². The molecule has 2 rings (SSSR count). The van der Waals surface area contributed by atoms with Crippen LogP contribution in [-0.2, 0) is 0 Å². The molecule has 2 heterocycles. The minimum atomic E-state index is -0.434. The third-order valence-corrected chi connectivity index (χ3v) is 3.23. The summed E-state index contributed by atoms with van der Waals surface area (Å²) in [5.41, 5.74) is 0.313.